The molecule has 0 spiro atoms. The molecule has 0 amide bonds. The van der Waals surface area contributed by atoms with Crippen LogP contribution in [0.15, 0.2) is 29.1 Å². The van der Waals surface area contributed by atoms with Crippen molar-refractivity contribution in [3.8, 4) is 5.69 Å². The van der Waals surface area contributed by atoms with Crippen molar-refractivity contribution in [3.05, 3.63) is 50.2 Å². The summed E-state index contributed by atoms with van der Waals surface area (Å²) in [6.45, 7) is 1.75. The fourth-order valence-electron chi connectivity index (χ4n) is 1.48. The summed E-state index contributed by atoms with van der Waals surface area (Å²) in [5.41, 5.74) is 6.51. The van der Waals surface area contributed by atoms with Gasteiger partial charge in [0, 0.05) is 21.8 Å². The number of benzene rings is 1. The van der Waals surface area contributed by atoms with Crippen LogP contribution in [0.1, 0.15) is 5.69 Å². The molecular weight excluding hydrogens is 261 g/mol. The van der Waals surface area contributed by atoms with Crippen LogP contribution in [0.3, 0.4) is 0 Å². The van der Waals surface area contributed by atoms with Gasteiger partial charge >= 0.3 is 0 Å². The molecule has 0 aliphatic carbocycles. The van der Waals surface area contributed by atoms with Crippen molar-refractivity contribution in [1.82, 2.24) is 9.78 Å². The van der Waals surface area contributed by atoms with Crippen LogP contribution in [-0.2, 0) is 0 Å². The van der Waals surface area contributed by atoms with Crippen molar-refractivity contribution in [2.24, 2.45) is 0 Å². The Morgan fingerprint density at radius 2 is 1.76 bits per heavy atom. The Balaban J connectivity index is 2.68. The molecule has 2 rings (SSSR count). The molecule has 0 saturated carbocycles. The average molecular weight is 270 g/mol. The highest BCUT2D eigenvalue weighted by molar-refractivity contribution is 6.34. The van der Waals surface area contributed by atoms with Gasteiger partial charge in [-0.3, -0.25) is 4.79 Å². The van der Waals surface area contributed by atoms with Gasteiger partial charge in [0.15, 0.2) is 5.82 Å². The molecule has 88 valence electrons. The molecule has 0 fully saturated rings. The van der Waals surface area contributed by atoms with E-state index in [1.54, 1.807) is 25.1 Å². The molecule has 0 radical (unpaired) electrons. The first-order valence-corrected chi connectivity index (χ1v) is 5.56. The number of hydrogen-bond donors (Lipinski definition) is 1. The van der Waals surface area contributed by atoms with Crippen LogP contribution in [0.4, 0.5) is 5.82 Å². The van der Waals surface area contributed by atoms with Gasteiger partial charge in [0.1, 0.15) is 0 Å². The summed E-state index contributed by atoms with van der Waals surface area (Å²) >= 11 is 11.8. The van der Waals surface area contributed by atoms with E-state index in [0.717, 1.165) is 0 Å². The molecule has 1 aromatic carbocycles. The summed E-state index contributed by atoms with van der Waals surface area (Å²) < 4.78 is 1.52. The van der Waals surface area contributed by atoms with E-state index in [4.69, 9.17) is 28.9 Å². The highest BCUT2D eigenvalue weighted by Gasteiger charge is 2.06. The predicted molar refractivity (Wildman–Crippen MR) is 69.0 cm³/mol. The molecule has 0 aliphatic heterocycles. The molecule has 1 heterocycles. The molecule has 1 aromatic heterocycles. The lowest BCUT2D eigenvalue weighted by Gasteiger charge is -2.10. The number of anilines is 1. The molecule has 0 atom stereocenters. The maximum absolute atomic E-state index is 11.3. The van der Waals surface area contributed by atoms with E-state index in [9.17, 15) is 4.79 Å². The van der Waals surface area contributed by atoms with E-state index in [1.165, 1.54) is 10.7 Å². The SMILES string of the molecule is Cc1cc(=O)c(N)nn1-c1cc(Cl)cc(Cl)c1. The lowest BCUT2D eigenvalue weighted by Crippen LogP contribution is -2.17. The standard InChI is InChI=1S/C11H9Cl2N3O/c1-6-2-10(17)11(14)15-16(6)9-4-7(12)3-8(13)5-9/h2-5H,1H3,(H2,14,15). The van der Waals surface area contributed by atoms with Crippen molar-refractivity contribution < 1.29 is 0 Å². The predicted octanol–water partition coefficient (Wildman–Crippen LogP) is 2.43. The zero-order valence-corrected chi connectivity index (χ0v) is 10.5. The highest BCUT2D eigenvalue weighted by atomic mass is 35.5. The number of nitrogen functional groups attached to an aromatic ring is 1. The molecule has 6 heteroatoms. The van der Waals surface area contributed by atoms with Crippen LogP contribution in [0.2, 0.25) is 10.0 Å². The van der Waals surface area contributed by atoms with E-state index in [2.05, 4.69) is 5.10 Å². The number of rotatable bonds is 1. The van der Waals surface area contributed by atoms with Crippen molar-refractivity contribution in [2.45, 2.75) is 6.92 Å². The van der Waals surface area contributed by atoms with Gasteiger partial charge in [0.05, 0.1) is 5.69 Å². The number of nitrogens with zero attached hydrogens (tertiary/aromatic N) is 2. The molecule has 2 aromatic rings. The smallest absolute Gasteiger partial charge is 0.224 e. The van der Waals surface area contributed by atoms with Crippen LogP contribution in [0.5, 0.6) is 0 Å². The fraction of sp³-hybridized carbons (Fsp3) is 0.0909. The summed E-state index contributed by atoms with van der Waals surface area (Å²) in [5, 5.41) is 4.97. The van der Waals surface area contributed by atoms with E-state index >= 15 is 0 Å². The fourth-order valence-corrected chi connectivity index (χ4v) is 2.00. The van der Waals surface area contributed by atoms with E-state index < -0.39 is 0 Å². The average Bonchev–Trinajstić information content (AvgIpc) is 2.22. The number of hydrogen-bond acceptors (Lipinski definition) is 3. The van der Waals surface area contributed by atoms with Crippen molar-refractivity contribution in [2.75, 3.05) is 5.73 Å². The second kappa shape index (κ2) is 4.39. The molecule has 2 N–H and O–H groups in total. The maximum atomic E-state index is 11.3. The third kappa shape index (κ3) is 2.43. The van der Waals surface area contributed by atoms with Crippen molar-refractivity contribution in [3.63, 3.8) is 0 Å². The van der Waals surface area contributed by atoms with Gasteiger partial charge < -0.3 is 5.73 Å². The first-order valence-electron chi connectivity index (χ1n) is 4.80. The van der Waals surface area contributed by atoms with Gasteiger partial charge in [0.25, 0.3) is 0 Å². The van der Waals surface area contributed by atoms with Gasteiger partial charge in [-0.25, -0.2) is 4.68 Å². The van der Waals surface area contributed by atoms with Crippen LogP contribution in [0, 0.1) is 6.92 Å². The highest BCUT2D eigenvalue weighted by Crippen LogP contribution is 2.21. The third-order valence-electron chi connectivity index (χ3n) is 2.23. The maximum Gasteiger partial charge on any atom is 0.224 e. The second-order valence-electron chi connectivity index (χ2n) is 3.57. The molecule has 0 saturated heterocycles. The molecule has 17 heavy (non-hydrogen) atoms. The lowest BCUT2D eigenvalue weighted by atomic mass is 10.3. The van der Waals surface area contributed by atoms with Gasteiger partial charge in [0.2, 0.25) is 5.43 Å². The molecule has 0 bridgehead atoms. The van der Waals surface area contributed by atoms with Crippen LogP contribution < -0.4 is 11.2 Å². The number of halogens is 2. The minimum Gasteiger partial charge on any atom is -0.379 e. The summed E-state index contributed by atoms with van der Waals surface area (Å²) in [4.78, 5) is 11.3. The Labute approximate surface area is 108 Å². The molecule has 0 unspecified atom stereocenters. The number of aryl methyl sites for hydroxylation is 1. The quantitative estimate of drug-likeness (QED) is 0.865. The Bertz CT molecular complexity index is 617. The zero-order valence-electron chi connectivity index (χ0n) is 8.95. The molecule has 0 aliphatic rings. The zero-order chi connectivity index (χ0) is 12.6. The van der Waals surface area contributed by atoms with E-state index in [0.29, 0.717) is 21.4 Å². The van der Waals surface area contributed by atoms with Crippen LogP contribution >= 0.6 is 23.2 Å². The van der Waals surface area contributed by atoms with Crippen molar-refractivity contribution >= 4 is 29.0 Å². The number of aromatic nitrogens is 2. The first kappa shape index (κ1) is 12.0. The lowest BCUT2D eigenvalue weighted by molar-refractivity contribution is 0.808. The topological polar surface area (TPSA) is 60.9 Å². The monoisotopic (exact) mass is 269 g/mol. The summed E-state index contributed by atoms with van der Waals surface area (Å²) in [6.07, 6.45) is 0. The van der Waals surface area contributed by atoms with E-state index in [1.807, 2.05) is 0 Å². The van der Waals surface area contributed by atoms with Gasteiger partial charge in [-0.1, -0.05) is 23.2 Å². The van der Waals surface area contributed by atoms with Crippen LogP contribution in [0.25, 0.3) is 5.69 Å². The third-order valence-corrected chi connectivity index (χ3v) is 2.66. The number of nitrogens with two attached hydrogens (primary N) is 1. The minimum atomic E-state index is -0.299. The Morgan fingerprint density at radius 1 is 1.18 bits per heavy atom. The first-order chi connectivity index (χ1) is 7.97. The second-order valence-corrected chi connectivity index (χ2v) is 4.45. The summed E-state index contributed by atoms with van der Waals surface area (Å²) in [5.74, 6) is -0.0632. The van der Waals surface area contributed by atoms with Crippen LogP contribution in [-0.4, -0.2) is 9.78 Å². The Hall–Kier alpha value is -1.52. The molecular formula is C11H9Cl2N3O. The Kier molecular flexibility index (Phi) is 3.09. The largest absolute Gasteiger partial charge is 0.379 e. The van der Waals surface area contributed by atoms with E-state index in [-0.39, 0.29) is 11.2 Å². The minimum absolute atomic E-state index is 0.0632. The van der Waals surface area contributed by atoms with Gasteiger partial charge in [-0.15, -0.1) is 5.10 Å². The summed E-state index contributed by atoms with van der Waals surface area (Å²) in [6, 6.07) is 6.42. The van der Waals surface area contributed by atoms with Gasteiger partial charge in [-0.2, -0.15) is 0 Å². The molecule has 4 nitrogen and oxygen atoms in total. The van der Waals surface area contributed by atoms with Gasteiger partial charge in [-0.05, 0) is 25.1 Å². The Morgan fingerprint density at radius 3 is 2.35 bits per heavy atom. The normalized spacial score (nSPS) is 10.5. The summed E-state index contributed by atoms with van der Waals surface area (Å²) in [7, 11) is 0. The van der Waals surface area contributed by atoms with Crippen molar-refractivity contribution in [1.29, 1.82) is 0 Å².